The van der Waals surface area contributed by atoms with Crippen molar-refractivity contribution in [1.82, 2.24) is 4.90 Å². The Balaban J connectivity index is 1.83. The van der Waals surface area contributed by atoms with Crippen molar-refractivity contribution in [2.75, 3.05) is 6.54 Å². The van der Waals surface area contributed by atoms with Gasteiger partial charge in [0.15, 0.2) is 0 Å². The van der Waals surface area contributed by atoms with Crippen LogP contribution in [-0.4, -0.2) is 23.5 Å². The number of likely N-dealkylation sites (tertiary alicyclic amines) is 1. The smallest absolute Gasteiger partial charge is 0.0604 e. The maximum absolute atomic E-state index is 5.99. The van der Waals surface area contributed by atoms with Crippen LogP contribution in [0.3, 0.4) is 0 Å². The van der Waals surface area contributed by atoms with E-state index in [1.54, 1.807) is 0 Å². The lowest BCUT2D eigenvalue weighted by atomic mass is 9.91. The van der Waals surface area contributed by atoms with Crippen LogP contribution in [0.15, 0.2) is 24.3 Å². The molecule has 0 aromatic heterocycles. The Morgan fingerprint density at radius 3 is 2.58 bits per heavy atom. The second-order valence-electron chi connectivity index (χ2n) is 5.92. The summed E-state index contributed by atoms with van der Waals surface area (Å²) in [6, 6.07) is 9.56. The first kappa shape index (κ1) is 13.0. The molecule has 2 heteroatoms. The van der Waals surface area contributed by atoms with Crippen LogP contribution in [0.4, 0.5) is 0 Å². The molecule has 1 heterocycles. The summed E-state index contributed by atoms with van der Waals surface area (Å²) in [5.74, 6) is 4.31. The molecular weight excluding hydrogens is 254 g/mol. The van der Waals surface area contributed by atoms with Crippen LogP contribution < -0.4 is 0 Å². The van der Waals surface area contributed by atoms with E-state index in [1.807, 2.05) is 12.1 Å². The van der Waals surface area contributed by atoms with Crippen LogP contribution >= 0.6 is 11.6 Å². The first-order valence-electron chi connectivity index (χ1n) is 7.15. The zero-order valence-electron chi connectivity index (χ0n) is 11.3. The van der Waals surface area contributed by atoms with Gasteiger partial charge in [-0.15, -0.1) is 6.42 Å². The summed E-state index contributed by atoms with van der Waals surface area (Å²) in [4.78, 5) is 2.54. The number of terminal acetylenes is 1. The zero-order chi connectivity index (χ0) is 13.4. The third kappa shape index (κ3) is 2.53. The predicted molar refractivity (Wildman–Crippen MR) is 80.3 cm³/mol. The van der Waals surface area contributed by atoms with Gasteiger partial charge in [0, 0.05) is 23.0 Å². The van der Waals surface area contributed by atoms with Gasteiger partial charge >= 0.3 is 0 Å². The Labute approximate surface area is 120 Å². The van der Waals surface area contributed by atoms with E-state index in [0.29, 0.717) is 18.0 Å². The van der Waals surface area contributed by atoms with Crippen LogP contribution in [0.1, 0.15) is 37.7 Å². The van der Waals surface area contributed by atoms with E-state index in [2.05, 4.69) is 29.9 Å². The van der Waals surface area contributed by atoms with Crippen molar-refractivity contribution in [3.8, 4) is 12.3 Å². The second-order valence-corrected chi connectivity index (χ2v) is 6.35. The molecule has 19 heavy (non-hydrogen) atoms. The minimum Gasteiger partial charge on any atom is -0.286 e. The maximum Gasteiger partial charge on any atom is 0.0604 e. The van der Waals surface area contributed by atoms with Crippen molar-refractivity contribution >= 4 is 11.6 Å². The van der Waals surface area contributed by atoms with Crippen molar-refractivity contribution in [3.05, 3.63) is 34.9 Å². The van der Waals surface area contributed by atoms with Crippen LogP contribution in [0.5, 0.6) is 0 Å². The summed E-state index contributed by atoms with van der Waals surface area (Å²) in [6.07, 6.45) is 9.55. The first-order chi connectivity index (χ1) is 9.20. The minimum atomic E-state index is 0.530. The Morgan fingerprint density at radius 2 is 2.00 bits per heavy atom. The third-order valence-electron chi connectivity index (χ3n) is 4.77. The lowest BCUT2D eigenvalue weighted by Crippen LogP contribution is -2.36. The Hall–Kier alpha value is -0.970. The average molecular weight is 274 g/mol. The van der Waals surface area contributed by atoms with Gasteiger partial charge in [-0.25, -0.2) is 0 Å². The van der Waals surface area contributed by atoms with E-state index in [1.165, 1.54) is 24.8 Å². The zero-order valence-corrected chi connectivity index (χ0v) is 12.1. The SMILES string of the molecule is C#CCN1C(C)C(c2ccc(Cl)cc2)CC1C1CC1. The minimum absolute atomic E-state index is 0.530. The standard InChI is InChI=1S/C17H20ClN/c1-3-10-19-12(2)16(11-17(19)14-4-5-14)13-6-8-15(18)9-7-13/h1,6-9,12,14,16-17H,4-5,10-11H2,2H3. The molecule has 0 radical (unpaired) electrons. The van der Waals surface area contributed by atoms with Crippen molar-refractivity contribution in [3.63, 3.8) is 0 Å². The molecule has 1 saturated heterocycles. The highest BCUT2D eigenvalue weighted by molar-refractivity contribution is 6.30. The lowest BCUT2D eigenvalue weighted by Gasteiger charge is -2.27. The number of hydrogen-bond acceptors (Lipinski definition) is 1. The molecule has 1 aromatic carbocycles. The fraction of sp³-hybridized carbons (Fsp3) is 0.529. The van der Waals surface area contributed by atoms with E-state index < -0.39 is 0 Å². The Kier molecular flexibility index (Phi) is 3.56. The number of benzene rings is 1. The van der Waals surface area contributed by atoms with Gasteiger partial charge in [-0.05, 0) is 49.8 Å². The fourth-order valence-corrected chi connectivity index (χ4v) is 3.69. The molecule has 0 spiro atoms. The molecule has 3 unspecified atom stereocenters. The van der Waals surface area contributed by atoms with Crippen molar-refractivity contribution < 1.29 is 0 Å². The van der Waals surface area contributed by atoms with E-state index in [4.69, 9.17) is 18.0 Å². The normalized spacial score (nSPS) is 31.3. The van der Waals surface area contributed by atoms with Gasteiger partial charge in [-0.1, -0.05) is 29.7 Å². The van der Waals surface area contributed by atoms with Crippen LogP contribution in [0, 0.1) is 18.3 Å². The fourth-order valence-electron chi connectivity index (χ4n) is 3.56. The molecule has 3 rings (SSSR count). The quantitative estimate of drug-likeness (QED) is 0.755. The lowest BCUT2D eigenvalue weighted by molar-refractivity contribution is 0.207. The van der Waals surface area contributed by atoms with E-state index in [-0.39, 0.29) is 0 Å². The molecule has 1 saturated carbocycles. The molecular formula is C17H20ClN. The molecule has 2 aliphatic rings. The van der Waals surface area contributed by atoms with E-state index in [9.17, 15) is 0 Å². The van der Waals surface area contributed by atoms with Gasteiger partial charge < -0.3 is 0 Å². The monoisotopic (exact) mass is 273 g/mol. The summed E-state index contributed by atoms with van der Waals surface area (Å²) in [7, 11) is 0. The highest BCUT2D eigenvalue weighted by Crippen LogP contribution is 2.47. The van der Waals surface area contributed by atoms with Gasteiger partial charge in [0.1, 0.15) is 0 Å². The van der Waals surface area contributed by atoms with Gasteiger partial charge in [-0.2, -0.15) is 0 Å². The van der Waals surface area contributed by atoms with Crippen molar-refractivity contribution in [1.29, 1.82) is 0 Å². The summed E-state index contributed by atoms with van der Waals surface area (Å²) < 4.78 is 0. The number of rotatable bonds is 3. The predicted octanol–water partition coefficient (Wildman–Crippen LogP) is 3.93. The highest BCUT2D eigenvalue weighted by atomic mass is 35.5. The van der Waals surface area contributed by atoms with E-state index >= 15 is 0 Å². The van der Waals surface area contributed by atoms with Crippen molar-refractivity contribution in [2.24, 2.45) is 5.92 Å². The number of halogens is 1. The first-order valence-corrected chi connectivity index (χ1v) is 7.53. The number of nitrogens with zero attached hydrogens (tertiary/aromatic N) is 1. The molecule has 1 aliphatic carbocycles. The van der Waals surface area contributed by atoms with Gasteiger partial charge in [0.05, 0.1) is 6.54 Å². The average Bonchev–Trinajstić information content (AvgIpc) is 3.19. The molecule has 0 N–H and O–H groups in total. The molecule has 0 bridgehead atoms. The molecule has 1 aliphatic heterocycles. The maximum atomic E-state index is 5.99. The van der Waals surface area contributed by atoms with Gasteiger partial charge in [0.25, 0.3) is 0 Å². The molecule has 3 atom stereocenters. The highest BCUT2D eigenvalue weighted by Gasteiger charge is 2.45. The van der Waals surface area contributed by atoms with Crippen LogP contribution in [-0.2, 0) is 0 Å². The molecule has 1 nitrogen and oxygen atoms in total. The summed E-state index contributed by atoms with van der Waals surface area (Å²) in [5, 5.41) is 0.814. The Morgan fingerprint density at radius 1 is 1.32 bits per heavy atom. The largest absolute Gasteiger partial charge is 0.286 e. The van der Waals surface area contributed by atoms with Crippen LogP contribution in [0.2, 0.25) is 5.02 Å². The second kappa shape index (κ2) is 5.19. The van der Waals surface area contributed by atoms with Gasteiger partial charge in [0.2, 0.25) is 0 Å². The van der Waals surface area contributed by atoms with Crippen molar-refractivity contribution in [2.45, 2.75) is 44.2 Å². The van der Waals surface area contributed by atoms with E-state index in [0.717, 1.165) is 17.5 Å². The summed E-state index contributed by atoms with van der Waals surface area (Å²) >= 11 is 5.99. The molecule has 0 amide bonds. The summed E-state index contributed by atoms with van der Waals surface area (Å²) in [5.41, 5.74) is 1.40. The molecule has 100 valence electrons. The number of hydrogen-bond donors (Lipinski definition) is 0. The Bertz CT molecular complexity index is 483. The molecule has 1 aromatic rings. The summed E-state index contributed by atoms with van der Waals surface area (Å²) in [6.45, 7) is 3.10. The topological polar surface area (TPSA) is 3.24 Å². The van der Waals surface area contributed by atoms with Crippen LogP contribution in [0.25, 0.3) is 0 Å². The molecule has 2 fully saturated rings. The van der Waals surface area contributed by atoms with Gasteiger partial charge in [-0.3, -0.25) is 4.90 Å². The third-order valence-corrected chi connectivity index (χ3v) is 5.02.